The van der Waals surface area contributed by atoms with Crippen molar-refractivity contribution in [1.82, 2.24) is 10.2 Å². The molecule has 0 amide bonds. The van der Waals surface area contributed by atoms with Gasteiger partial charge in [-0.15, -0.1) is 0 Å². The molecule has 0 aliphatic carbocycles. The van der Waals surface area contributed by atoms with E-state index in [9.17, 15) is 0 Å². The first-order valence-corrected chi connectivity index (χ1v) is 9.19. The van der Waals surface area contributed by atoms with Gasteiger partial charge in [-0.25, -0.2) is 0 Å². The minimum Gasteiger partial charge on any atom is -0.492 e. The van der Waals surface area contributed by atoms with Gasteiger partial charge in [0, 0.05) is 25.2 Å². The topological polar surface area (TPSA) is 24.5 Å². The molecule has 136 valence electrons. The van der Waals surface area contributed by atoms with Gasteiger partial charge < -0.3 is 10.1 Å². The van der Waals surface area contributed by atoms with Gasteiger partial charge in [0.1, 0.15) is 12.4 Å². The molecule has 1 N–H and O–H groups in total. The van der Waals surface area contributed by atoms with Crippen LogP contribution in [0.15, 0.2) is 54.6 Å². The van der Waals surface area contributed by atoms with Crippen molar-refractivity contribution in [3.8, 4) is 5.75 Å². The van der Waals surface area contributed by atoms with Crippen LogP contribution in [0.2, 0.25) is 0 Å². The molecule has 0 heterocycles. The lowest BCUT2D eigenvalue weighted by Gasteiger charge is -2.21. The number of hydrogen-bond acceptors (Lipinski definition) is 3. The molecule has 0 unspecified atom stereocenters. The third kappa shape index (κ3) is 7.72. The lowest BCUT2D eigenvalue weighted by molar-refractivity contribution is 0.210. The quantitative estimate of drug-likeness (QED) is 0.728. The normalized spacial score (nSPS) is 11.7. The molecule has 25 heavy (non-hydrogen) atoms. The summed E-state index contributed by atoms with van der Waals surface area (Å²) in [4.78, 5) is 2.40. The molecule has 3 heteroatoms. The predicted molar refractivity (Wildman–Crippen MR) is 106 cm³/mol. The number of ether oxygens (including phenoxy) is 1. The Bertz CT molecular complexity index is 602. The fourth-order valence-electron chi connectivity index (χ4n) is 2.55. The Balaban J connectivity index is 1.75. The van der Waals surface area contributed by atoms with Crippen LogP contribution in [0, 0.1) is 0 Å². The van der Waals surface area contributed by atoms with Crippen LogP contribution in [-0.2, 0) is 13.1 Å². The van der Waals surface area contributed by atoms with Crippen molar-refractivity contribution in [2.45, 2.75) is 46.3 Å². The molecule has 0 bridgehead atoms. The zero-order valence-electron chi connectivity index (χ0n) is 16.1. The number of hydrogen-bond donors (Lipinski definition) is 1. The summed E-state index contributed by atoms with van der Waals surface area (Å²) in [5.74, 6) is 0.940. The number of likely N-dealkylation sites (N-methyl/N-ethyl adjacent to an activating group) is 1. The fourth-order valence-corrected chi connectivity index (χ4v) is 2.55. The second-order valence-electron chi connectivity index (χ2n) is 7.45. The molecule has 0 saturated carbocycles. The van der Waals surface area contributed by atoms with Gasteiger partial charge in [-0.1, -0.05) is 49.4 Å². The summed E-state index contributed by atoms with van der Waals surface area (Å²) in [6.07, 6.45) is 0. The van der Waals surface area contributed by atoms with Gasteiger partial charge in [-0.3, -0.25) is 4.90 Å². The van der Waals surface area contributed by atoms with Crippen LogP contribution in [0.1, 0.15) is 38.8 Å². The van der Waals surface area contributed by atoms with Crippen molar-refractivity contribution >= 4 is 0 Å². The standard InChI is InChI=1S/C22H32N2O/c1-5-24(18-20-9-7-6-8-10-20)15-16-25-21-13-11-19(12-14-21)17-23-22(2,3)4/h6-14,23H,5,15-18H2,1-4H3. The average Bonchev–Trinajstić information content (AvgIpc) is 2.60. The van der Waals surface area contributed by atoms with Crippen molar-refractivity contribution in [2.75, 3.05) is 19.7 Å². The lowest BCUT2D eigenvalue weighted by Crippen LogP contribution is -2.35. The summed E-state index contributed by atoms with van der Waals surface area (Å²) >= 11 is 0. The van der Waals surface area contributed by atoms with E-state index in [2.05, 4.69) is 92.5 Å². The monoisotopic (exact) mass is 340 g/mol. The number of rotatable bonds is 9. The maximum atomic E-state index is 5.91. The Hall–Kier alpha value is -1.84. The van der Waals surface area contributed by atoms with Gasteiger partial charge in [0.15, 0.2) is 0 Å². The molecule has 0 radical (unpaired) electrons. The average molecular weight is 341 g/mol. The summed E-state index contributed by atoms with van der Waals surface area (Å²) in [5, 5.41) is 3.50. The highest BCUT2D eigenvalue weighted by molar-refractivity contribution is 5.27. The molecule has 0 aliphatic heterocycles. The highest BCUT2D eigenvalue weighted by atomic mass is 16.5. The van der Waals surface area contributed by atoms with Crippen molar-refractivity contribution in [1.29, 1.82) is 0 Å². The van der Waals surface area contributed by atoms with Crippen molar-refractivity contribution in [3.63, 3.8) is 0 Å². The lowest BCUT2D eigenvalue weighted by atomic mass is 10.1. The summed E-state index contributed by atoms with van der Waals surface area (Å²) < 4.78 is 5.91. The molecule has 0 fully saturated rings. The molecule has 2 aromatic rings. The first-order valence-electron chi connectivity index (χ1n) is 9.19. The van der Waals surface area contributed by atoms with E-state index < -0.39 is 0 Å². The predicted octanol–water partition coefficient (Wildman–Crippen LogP) is 4.48. The van der Waals surface area contributed by atoms with E-state index in [1.54, 1.807) is 0 Å². The summed E-state index contributed by atoms with van der Waals surface area (Å²) in [6, 6.07) is 19.0. The van der Waals surface area contributed by atoms with Gasteiger partial charge in [-0.05, 0) is 50.6 Å². The molecule has 0 aromatic heterocycles. The highest BCUT2D eigenvalue weighted by Gasteiger charge is 2.08. The van der Waals surface area contributed by atoms with E-state index in [4.69, 9.17) is 4.74 Å². The van der Waals surface area contributed by atoms with Crippen LogP contribution >= 0.6 is 0 Å². The molecule has 0 saturated heterocycles. The van der Waals surface area contributed by atoms with E-state index >= 15 is 0 Å². The molecule has 0 atom stereocenters. The van der Waals surface area contributed by atoms with Gasteiger partial charge in [0.05, 0.1) is 0 Å². The third-order valence-electron chi connectivity index (χ3n) is 4.12. The Labute approximate surface area is 153 Å². The minimum atomic E-state index is 0.136. The molecular formula is C22H32N2O. The molecular weight excluding hydrogens is 308 g/mol. The van der Waals surface area contributed by atoms with Crippen molar-refractivity contribution in [2.24, 2.45) is 0 Å². The van der Waals surface area contributed by atoms with Crippen molar-refractivity contribution in [3.05, 3.63) is 65.7 Å². The Morgan fingerprint density at radius 3 is 2.20 bits per heavy atom. The largest absolute Gasteiger partial charge is 0.492 e. The summed E-state index contributed by atoms with van der Waals surface area (Å²) in [5.41, 5.74) is 2.76. The zero-order valence-corrected chi connectivity index (χ0v) is 16.1. The first kappa shape index (κ1) is 19.5. The smallest absolute Gasteiger partial charge is 0.119 e. The van der Waals surface area contributed by atoms with E-state index in [-0.39, 0.29) is 5.54 Å². The molecule has 0 spiro atoms. The minimum absolute atomic E-state index is 0.136. The Morgan fingerprint density at radius 1 is 0.920 bits per heavy atom. The summed E-state index contributed by atoms with van der Waals surface area (Å²) in [6.45, 7) is 13.2. The van der Waals surface area contributed by atoms with Crippen LogP contribution in [-0.4, -0.2) is 30.1 Å². The van der Waals surface area contributed by atoms with Crippen LogP contribution in [0.4, 0.5) is 0 Å². The maximum absolute atomic E-state index is 5.91. The van der Waals surface area contributed by atoms with Gasteiger partial charge in [-0.2, -0.15) is 0 Å². The number of nitrogens with one attached hydrogen (secondary N) is 1. The Morgan fingerprint density at radius 2 is 1.60 bits per heavy atom. The van der Waals surface area contributed by atoms with Crippen molar-refractivity contribution < 1.29 is 4.74 Å². The van der Waals surface area contributed by atoms with Gasteiger partial charge in [0.25, 0.3) is 0 Å². The second-order valence-corrected chi connectivity index (χ2v) is 7.45. The van der Waals surface area contributed by atoms with E-state index in [1.165, 1.54) is 11.1 Å². The van der Waals surface area contributed by atoms with Crippen LogP contribution < -0.4 is 10.1 Å². The highest BCUT2D eigenvalue weighted by Crippen LogP contribution is 2.13. The van der Waals surface area contributed by atoms with Crippen LogP contribution in [0.25, 0.3) is 0 Å². The van der Waals surface area contributed by atoms with E-state index in [1.807, 2.05) is 0 Å². The Kier molecular flexibility index (Phi) is 7.48. The SMILES string of the molecule is CCN(CCOc1ccc(CNC(C)(C)C)cc1)Cc1ccccc1. The molecule has 2 aromatic carbocycles. The number of benzene rings is 2. The maximum Gasteiger partial charge on any atom is 0.119 e. The van der Waals surface area contributed by atoms with Gasteiger partial charge >= 0.3 is 0 Å². The van der Waals surface area contributed by atoms with E-state index in [0.717, 1.165) is 31.9 Å². The fraction of sp³-hybridized carbons (Fsp3) is 0.455. The van der Waals surface area contributed by atoms with Crippen LogP contribution in [0.3, 0.4) is 0 Å². The first-order chi connectivity index (χ1) is 12.0. The van der Waals surface area contributed by atoms with Crippen LogP contribution in [0.5, 0.6) is 5.75 Å². The second kappa shape index (κ2) is 9.59. The number of nitrogens with zero attached hydrogens (tertiary/aromatic N) is 1. The molecule has 3 nitrogen and oxygen atoms in total. The zero-order chi connectivity index (χ0) is 18.1. The van der Waals surface area contributed by atoms with Gasteiger partial charge in [0.2, 0.25) is 0 Å². The summed E-state index contributed by atoms with van der Waals surface area (Å²) in [7, 11) is 0. The molecule has 0 aliphatic rings. The van der Waals surface area contributed by atoms with E-state index in [0.29, 0.717) is 6.61 Å². The molecule has 2 rings (SSSR count). The third-order valence-corrected chi connectivity index (χ3v) is 4.12.